The zero-order valence-electron chi connectivity index (χ0n) is 11.1. The van der Waals surface area contributed by atoms with Crippen LogP contribution >= 0.6 is 0 Å². The van der Waals surface area contributed by atoms with Crippen LogP contribution in [0.4, 0.5) is 10.1 Å². The zero-order chi connectivity index (χ0) is 14.0. The Bertz CT molecular complexity index is 513. The van der Waals surface area contributed by atoms with Gasteiger partial charge in [0.2, 0.25) is 0 Å². The first-order chi connectivity index (χ1) is 8.97. The Kier molecular flexibility index (Phi) is 3.88. The molecule has 2 unspecified atom stereocenters. The van der Waals surface area contributed by atoms with Gasteiger partial charge in [-0.1, -0.05) is 6.92 Å². The molecule has 0 saturated carbocycles. The van der Waals surface area contributed by atoms with Crippen molar-refractivity contribution in [1.82, 2.24) is 0 Å². The van der Waals surface area contributed by atoms with Gasteiger partial charge in [0.1, 0.15) is 5.82 Å². The standard InChI is InChI=1S/C15H18FNO2/c1-10-7-11(2)17(9-10)14-5-4-13(16)8-12(14)3-6-15(18)19/h3-6,8,10-11H,7,9H2,1-2H3,(H,18,19)/b6-3+. The summed E-state index contributed by atoms with van der Waals surface area (Å²) < 4.78 is 13.3. The fourth-order valence-corrected chi connectivity index (χ4v) is 2.72. The van der Waals surface area contributed by atoms with Gasteiger partial charge in [0.15, 0.2) is 0 Å². The van der Waals surface area contributed by atoms with Crippen molar-refractivity contribution < 1.29 is 14.3 Å². The average Bonchev–Trinajstić information content (AvgIpc) is 2.66. The van der Waals surface area contributed by atoms with Crippen LogP contribution < -0.4 is 4.90 Å². The van der Waals surface area contributed by atoms with Crippen molar-refractivity contribution in [2.75, 3.05) is 11.4 Å². The third-order valence-electron chi connectivity index (χ3n) is 3.49. The second-order valence-electron chi connectivity index (χ2n) is 5.22. The van der Waals surface area contributed by atoms with E-state index in [0.29, 0.717) is 17.5 Å². The number of benzene rings is 1. The van der Waals surface area contributed by atoms with Crippen molar-refractivity contribution in [3.8, 4) is 0 Å². The highest BCUT2D eigenvalue weighted by Crippen LogP contribution is 2.32. The van der Waals surface area contributed by atoms with E-state index < -0.39 is 5.97 Å². The summed E-state index contributed by atoms with van der Waals surface area (Å²) in [4.78, 5) is 12.8. The molecule has 1 aromatic carbocycles. The molecule has 1 heterocycles. The molecule has 0 amide bonds. The van der Waals surface area contributed by atoms with Gasteiger partial charge in [0.25, 0.3) is 0 Å². The van der Waals surface area contributed by atoms with Gasteiger partial charge < -0.3 is 10.0 Å². The summed E-state index contributed by atoms with van der Waals surface area (Å²) in [5.74, 6) is -0.789. The first kappa shape index (κ1) is 13.6. The van der Waals surface area contributed by atoms with Gasteiger partial charge in [-0.3, -0.25) is 0 Å². The highest BCUT2D eigenvalue weighted by molar-refractivity contribution is 5.87. The molecule has 2 atom stereocenters. The largest absolute Gasteiger partial charge is 0.478 e. The van der Waals surface area contributed by atoms with Crippen molar-refractivity contribution in [2.45, 2.75) is 26.3 Å². The SMILES string of the molecule is CC1CC(C)N(c2ccc(F)cc2/C=C/C(=O)O)C1. The molecule has 19 heavy (non-hydrogen) atoms. The highest BCUT2D eigenvalue weighted by Gasteiger charge is 2.27. The number of carbonyl (C=O) groups is 1. The molecule has 4 heteroatoms. The number of hydrogen-bond acceptors (Lipinski definition) is 2. The Morgan fingerprint density at radius 1 is 1.47 bits per heavy atom. The molecule has 1 fully saturated rings. The molecule has 0 radical (unpaired) electrons. The smallest absolute Gasteiger partial charge is 0.328 e. The van der Waals surface area contributed by atoms with E-state index in [2.05, 4.69) is 18.7 Å². The lowest BCUT2D eigenvalue weighted by Crippen LogP contribution is -2.27. The van der Waals surface area contributed by atoms with Crippen LogP contribution in [0.2, 0.25) is 0 Å². The van der Waals surface area contributed by atoms with E-state index in [4.69, 9.17) is 5.11 Å². The molecule has 102 valence electrons. The minimum Gasteiger partial charge on any atom is -0.478 e. The highest BCUT2D eigenvalue weighted by atomic mass is 19.1. The summed E-state index contributed by atoms with van der Waals surface area (Å²) >= 11 is 0. The van der Waals surface area contributed by atoms with Gasteiger partial charge in [0, 0.05) is 29.9 Å². The lowest BCUT2D eigenvalue weighted by molar-refractivity contribution is -0.131. The quantitative estimate of drug-likeness (QED) is 0.852. The summed E-state index contributed by atoms with van der Waals surface area (Å²) in [6, 6.07) is 4.91. The molecule has 1 saturated heterocycles. The van der Waals surface area contributed by atoms with Crippen LogP contribution in [0, 0.1) is 11.7 Å². The van der Waals surface area contributed by atoms with E-state index in [9.17, 15) is 9.18 Å². The van der Waals surface area contributed by atoms with E-state index in [-0.39, 0.29) is 5.82 Å². The molecule has 1 aliphatic heterocycles. The van der Waals surface area contributed by atoms with Crippen molar-refractivity contribution in [3.63, 3.8) is 0 Å². The predicted molar refractivity (Wildman–Crippen MR) is 73.7 cm³/mol. The average molecular weight is 263 g/mol. The molecule has 1 aliphatic rings. The number of aliphatic carboxylic acids is 1. The topological polar surface area (TPSA) is 40.5 Å². The zero-order valence-corrected chi connectivity index (χ0v) is 11.1. The van der Waals surface area contributed by atoms with Crippen molar-refractivity contribution >= 4 is 17.7 Å². The first-order valence-corrected chi connectivity index (χ1v) is 6.44. The van der Waals surface area contributed by atoms with E-state index in [1.807, 2.05) is 0 Å². The van der Waals surface area contributed by atoms with Gasteiger partial charge in [-0.2, -0.15) is 0 Å². The number of hydrogen-bond donors (Lipinski definition) is 1. The summed E-state index contributed by atoms with van der Waals surface area (Å²) in [5, 5.41) is 8.70. The molecule has 2 rings (SSSR count). The van der Waals surface area contributed by atoms with Gasteiger partial charge >= 0.3 is 5.97 Å². The fraction of sp³-hybridized carbons (Fsp3) is 0.400. The summed E-state index contributed by atoms with van der Waals surface area (Å²) in [5.41, 5.74) is 1.51. The second kappa shape index (κ2) is 5.43. The molecule has 0 aliphatic carbocycles. The normalized spacial score (nSPS) is 23.2. The van der Waals surface area contributed by atoms with Gasteiger partial charge in [-0.15, -0.1) is 0 Å². The van der Waals surface area contributed by atoms with Crippen LogP contribution in [0.1, 0.15) is 25.8 Å². The Hall–Kier alpha value is -1.84. The van der Waals surface area contributed by atoms with Crippen LogP contribution in [-0.2, 0) is 4.79 Å². The van der Waals surface area contributed by atoms with Crippen LogP contribution in [-0.4, -0.2) is 23.7 Å². The minimum atomic E-state index is -1.03. The van der Waals surface area contributed by atoms with Crippen LogP contribution in [0.3, 0.4) is 0 Å². The molecule has 1 aromatic rings. The fourth-order valence-electron chi connectivity index (χ4n) is 2.72. The number of anilines is 1. The van der Waals surface area contributed by atoms with Gasteiger partial charge in [-0.05, 0) is 43.5 Å². The Morgan fingerprint density at radius 2 is 2.21 bits per heavy atom. The summed E-state index contributed by atoms with van der Waals surface area (Å²) in [7, 11) is 0. The van der Waals surface area contributed by atoms with Crippen molar-refractivity contribution in [2.24, 2.45) is 5.92 Å². The number of carboxylic acids is 1. The molecule has 0 bridgehead atoms. The molecular formula is C15H18FNO2. The second-order valence-corrected chi connectivity index (χ2v) is 5.22. The monoisotopic (exact) mass is 263 g/mol. The molecular weight excluding hydrogens is 245 g/mol. The van der Waals surface area contributed by atoms with Crippen molar-refractivity contribution in [3.05, 3.63) is 35.7 Å². The lowest BCUT2D eigenvalue weighted by atomic mass is 10.1. The number of halogens is 1. The molecule has 0 aromatic heterocycles. The van der Waals surface area contributed by atoms with Crippen molar-refractivity contribution in [1.29, 1.82) is 0 Å². The van der Waals surface area contributed by atoms with E-state index in [1.54, 1.807) is 6.07 Å². The van der Waals surface area contributed by atoms with Gasteiger partial charge in [-0.25, -0.2) is 9.18 Å². The summed E-state index contributed by atoms with van der Waals surface area (Å²) in [6.07, 6.45) is 3.60. The number of rotatable bonds is 3. The first-order valence-electron chi connectivity index (χ1n) is 6.44. The maximum atomic E-state index is 13.3. The Morgan fingerprint density at radius 3 is 2.79 bits per heavy atom. The Labute approximate surface area is 112 Å². The molecule has 0 spiro atoms. The summed E-state index contributed by atoms with van der Waals surface area (Å²) in [6.45, 7) is 5.24. The Balaban J connectivity index is 2.36. The molecule has 3 nitrogen and oxygen atoms in total. The van der Waals surface area contributed by atoms with Crippen LogP contribution in [0.15, 0.2) is 24.3 Å². The van der Waals surface area contributed by atoms with E-state index in [1.165, 1.54) is 18.2 Å². The van der Waals surface area contributed by atoms with E-state index >= 15 is 0 Å². The lowest BCUT2D eigenvalue weighted by Gasteiger charge is -2.25. The number of nitrogens with zero attached hydrogens (tertiary/aromatic N) is 1. The van der Waals surface area contributed by atoms with Gasteiger partial charge in [0.05, 0.1) is 0 Å². The maximum absolute atomic E-state index is 13.3. The number of carboxylic acid groups (broad SMARTS) is 1. The van der Waals surface area contributed by atoms with Crippen LogP contribution in [0.5, 0.6) is 0 Å². The minimum absolute atomic E-state index is 0.353. The predicted octanol–water partition coefficient (Wildman–Crippen LogP) is 3.16. The third kappa shape index (κ3) is 3.13. The molecule has 1 N–H and O–H groups in total. The van der Waals surface area contributed by atoms with E-state index in [0.717, 1.165) is 24.7 Å². The van der Waals surface area contributed by atoms with Crippen LogP contribution in [0.25, 0.3) is 6.08 Å². The third-order valence-corrected chi connectivity index (χ3v) is 3.49. The maximum Gasteiger partial charge on any atom is 0.328 e.